The van der Waals surface area contributed by atoms with Gasteiger partial charge in [0.1, 0.15) is 5.75 Å². The number of alkyl halides is 3. The van der Waals surface area contributed by atoms with E-state index in [2.05, 4.69) is 17.0 Å². The average Bonchev–Trinajstić information content (AvgIpc) is 3.37. The second kappa shape index (κ2) is 10.9. The maximum absolute atomic E-state index is 12.9. The van der Waals surface area contributed by atoms with Gasteiger partial charge in [-0.1, -0.05) is 30.3 Å². The number of carbonyl (C=O) groups excluding carboxylic acids is 1. The fourth-order valence-corrected chi connectivity index (χ4v) is 4.96. The highest BCUT2D eigenvalue weighted by atomic mass is 19.4. The second-order valence-corrected chi connectivity index (χ2v) is 9.54. The van der Waals surface area contributed by atoms with Crippen LogP contribution in [-0.4, -0.2) is 76.5 Å². The van der Waals surface area contributed by atoms with Crippen molar-refractivity contribution in [3.63, 3.8) is 0 Å². The van der Waals surface area contributed by atoms with Crippen LogP contribution in [0.3, 0.4) is 0 Å². The van der Waals surface area contributed by atoms with E-state index in [-0.39, 0.29) is 11.3 Å². The molecule has 0 unspecified atom stereocenters. The third-order valence-electron chi connectivity index (χ3n) is 6.98. The molecule has 2 aliphatic heterocycles. The van der Waals surface area contributed by atoms with E-state index in [1.165, 1.54) is 5.56 Å². The Bertz CT molecular complexity index is 1270. The Labute approximate surface area is 218 Å². The summed E-state index contributed by atoms with van der Waals surface area (Å²) in [6.07, 6.45) is -1.17. The molecule has 3 heterocycles. The summed E-state index contributed by atoms with van der Waals surface area (Å²) in [4.78, 5) is 26.2. The van der Waals surface area contributed by atoms with Gasteiger partial charge in [-0.15, -0.1) is 0 Å². The number of likely N-dealkylation sites (N-methyl/N-ethyl adjacent to an activating group) is 1. The Morgan fingerprint density at radius 2 is 1.68 bits per heavy atom. The lowest BCUT2D eigenvalue weighted by atomic mass is 9.72. The maximum atomic E-state index is 12.9. The van der Waals surface area contributed by atoms with Crippen LogP contribution in [0, 0.1) is 0 Å². The molecule has 38 heavy (non-hydrogen) atoms. The normalized spacial score (nSPS) is 17.0. The number of aliphatic carboxylic acids is 1. The van der Waals surface area contributed by atoms with Crippen molar-refractivity contribution in [1.29, 1.82) is 0 Å². The maximum Gasteiger partial charge on any atom is 0.490 e. The van der Waals surface area contributed by atoms with Gasteiger partial charge < -0.3 is 14.7 Å². The van der Waals surface area contributed by atoms with Gasteiger partial charge in [0.05, 0.1) is 24.1 Å². The molecule has 1 saturated heterocycles. The molecule has 1 spiro atoms. The number of methoxy groups -OCH3 is 1. The van der Waals surface area contributed by atoms with E-state index in [1.54, 1.807) is 7.11 Å². The number of likely N-dealkylation sites (tertiary alicyclic amines) is 1. The van der Waals surface area contributed by atoms with Gasteiger partial charge in [-0.2, -0.15) is 18.3 Å². The quantitative estimate of drug-likeness (QED) is 0.546. The van der Waals surface area contributed by atoms with E-state index in [4.69, 9.17) is 19.7 Å². The molecule has 0 radical (unpaired) electrons. The van der Waals surface area contributed by atoms with Crippen molar-refractivity contribution in [3.05, 3.63) is 77.6 Å². The summed E-state index contributed by atoms with van der Waals surface area (Å²) in [5.74, 6) is -1.80. The number of rotatable bonds is 4. The lowest BCUT2D eigenvalue weighted by Gasteiger charge is -2.45. The molecule has 2 aromatic carbocycles. The number of halogens is 3. The van der Waals surface area contributed by atoms with Crippen LogP contribution in [0.15, 0.2) is 60.8 Å². The molecule has 0 aliphatic carbocycles. The first-order valence-corrected chi connectivity index (χ1v) is 12.1. The third kappa shape index (κ3) is 5.83. The van der Waals surface area contributed by atoms with E-state index in [1.807, 2.05) is 65.3 Å². The van der Waals surface area contributed by atoms with Crippen LogP contribution in [-0.2, 0) is 16.8 Å². The van der Waals surface area contributed by atoms with E-state index in [0.717, 1.165) is 61.7 Å². The van der Waals surface area contributed by atoms with Gasteiger partial charge in [-0.25, -0.2) is 9.48 Å². The number of benzene rings is 2. The summed E-state index contributed by atoms with van der Waals surface area (Å²) in [6.45, 7) is 3.65. The first-order valence-electron chi connectivity index (χ1n) is 12.1. The molecule has 1 aromatic heterocycles. The molecule has 3 aromatic rings. The minimum atomic E-state index is -5.08. The first-order chi connectivity index (χ1) is 18.0. The van der Waals surface area contributed by atoms with Crippen LogP contribution < -0.4 is 4.74 Å². The monoisotopic (exact) mass is 530 g/mol. The zero-order valence-electron chi connectivity index (χ0n) is 21.1. The summed E-state index contributed by atoms with van der Waals surface area (Å²) in [6, 6.07) is 18.3. The molecule has 8 nitrogen and oxygen atoms in total. The Balaban J connectivity index is 0.000000426. The minimum Gasteiger partial charge on any atom is -0.497 e. The van der Waals surface area contributed by atoms with E-state index in [9.17, 15) is 18.0 Å². The summed E-state index contributed by atoms with van der Waals surface area (Å²) in [7, 11) is 3.61. The van der Waals surface area contributed by atoms with Crippen LogP contribution in [0.4, 0.5) is 13.2 Å². The SMILES string of the molecule is COc1ccc(CN2CCC3(CC2)CN(C)C(=O)c2cn(-c4ccccc4)nc23)cc1.O=C(O)C(F)(F)F. The Morgan fingerprint density at radius 3 is 2.24 bits per heavy atom. The topological polar surface area (TPSA) is 87.9 Å². The molecule has 0 saturated carbocycles. The summed E-state index contributed by atoms with van der Waals surface area (Å²) in [5.41, 5.74) is 3.93. The molecule has 1 fully saturated rings. The number of amides is 1. The number of para-hydroxylation sites is 1. The number of aromatic nitrogens is 2. The molecule has 0 bridgehead atoms. The zero-order valence-corrected chi connectivity index (χ0v) is 21.1. The highest BCUT2D eigenvalue weighted by Crippen LogP contribution is 2.41. The van der Waals surface area contributed by atoms with Crippen molar-refractivity contribution < 1.29 is 32.6 Å². The highest BCUT2D eigenvalue weighted by Gasteiger charge is 2.46. The Hall–Kier alpha value is -3.86. The highest BCUT2D eigenvalue weighted by molar-refractivity contribution is 5.96. The van der Waals surface area contributed by atoms with Crippen LogP contribution in [0.5, 0.6) is 5.75 Å². The number of carbonyl (C=O) groups is 2. The van der Waals surface area contributed by atoms with Crippen molar-refractivity contribution in [1.82, 2.24) is 19.6 Å². The molecule has 2 aliphatic rings. The van der Waals surface area contributed by atoms with E-state index >= 15 is 0 Å². The Kier molecular flexibility index (Phi) is 7.77. The number of hydrogen-bond acceptors (Lipinski definition) is 5. The lowest BCUT2D eigenvalue weighted by molar-refractivity contribution is -0.192. The number of hydrogen-bond donors (Lipinski definition) is 1. The van der Waals surface area contributed by atoms with Crippen molar-refractivity contribution in [2.24, 2.45) is 0 Å². The van der Waals surface area contributed by atoms with E-state index in [0.29, 0.717) is 0 Å². The summed E-state index contributed by atoms with van der Waals surface area (Å²) < 4.78 is 38.9. The molecule has 1 N–H and O–H groups in total. The van der Waals surface area contributed by atoms with Crippen LogP contribution in [0.1, 0.15) is 34.5 Å². The fourth-order valence-electron chi connectivity index (χ4n) is 4.96. The molecule has 0 atom stereocenters. The standard InChI is InChI=1S/C25H28N4O2.C2HF3O2/c1-27-18-25(12-14-28(15-13-25)16-19-8-10-21(31-2)11-9-19)23-22(24(27)30)17-29(26-23)20-6-4-3-5-7-20;3-2(4,5)1(6)7/h3-11,17H,12-16,18H2,1-2H3;(H,6,7). The minimum absolute atomic E-state index is 0.0727. The molecule has 1 amide bonds. The fraction of sp³-hybridized carbons (Fsp3) is 0.370. The van der Waals surface area contributed by atoms with Crippen LogP contribution >= 0.6 is 0 Å². The van der Waals surface area contributed by atoms with Crippen LogP contribution in [0.2, 0.25) is 0 Å². The number of carboxylic acids is 1. The smallest absolute Gasteiger partial charge is 0.490 e. The molecular formula is C27H29F3N4O4. The van der Waals surface area contributed by atoms with Gasteiger partial charge in [-0.3, -0.25) is 9.69 Å². The molecule has 202 valence electrons. The Morgan fingerprint density at radius 1 is 1.08 bits per heavy atom. The van der Waals surface area contributed by atoms with Gasteiger partial charge >= 0.3 is 12.1 Å². The predicted octanol–water partition coefficient (Wildman–Crippen LogP) is 4.13. The van der Waals surface area contributed by atoms with Gasteiger partial charge in [-0.05, 0) is 55.8 Å². The molecule has 11 heteroatoms. The largest absolute Gasteiger partial charge is 0.497 e. The van der Waals surface area contributed by atoms with Crippen LogP contribution in [0.25, 0.3) is 5.69 Å². The average molecular weight is 531 g/mol. The van der Waals surface area contributed by atoms with Gasteiger partial charge in [0.25, 0.3) is 5.91 Å². The number of nitrogens with zero attached hydrogens (tertiary/aromatic N) is 4. The van der Waals surface area contributed by atoms with Crippen molar-refractivity contribution in [2.45, 2.75) is 31.0 Å². The van der Waals surface area contributed by atoms with Gasteiger partial charge in [0.2, 0.25) is 0 Å². The third-order valence-corrected chi connectivity index (χ3v) is 6.98. The van der Waals surface area contributed by atoms with Crippen molar-refractivity contribution in [3.8, 4) is 11.4 Å². The molecule has 5 rings (SSSR count). The van der Waals surface area contributed by atoms with E-state index < -0.39 is 12.1 Å². The van der Waals surface area contributed by atoms with Gasteiger partial charge in [0.15, 0.2) is 0 Å². The predicted molar refractivity (Wildman–Crippen MR) is 133 cm³/mol. The number of carboxylic acid groups (broad SMARTS) is 1. The first kappa shape index (κ1) is 27.2. The number of fused-ring (bicyclic) bond motifs is 2. The number of piperidine rings is 1. The number of ether oxygens (including phenoxy) is 1. The van der Waals surface area contributed by atoms with Gasteiger partial charge in [0, 0.05) is 31.7 Å². The van der Waals surface area contributed by atoms with Crippen molar-refractivity contribution >= 4 is 11.9 Å². The molecular weight excluding hydrogens is 501 g/mol. The second-order valence-electron chi connectivity index (χ2n) is 9.54. The lowest BCUT2D eigenvalue weighted by Crippen LogP contribution is -2.53. The summed E-state index contributed by atoms with van der Waals surface area (Å²) in [5, 5.41) is 12.1. The van der Waals surface area contributed by atoms with Crippen molar-refractivity contribution in [2.75, 3.05) is 33.8 Å². The summed E-state index contributed by atoms with van der Waals surface area (Å²) >= 11 is 0. The zero-order chi connectivity index (χ0) is 27.5.